The summed E-state index contributed by atoms with van der Waals surface area (Å²) >= 11 is 1.54. The third-order valence-corrected chi connectivity index (χ3v) is 4.82. The van der Waals surface area contributed by atoms with Gasteiger partial charge in [0.15, 0.2) is 0 Å². The van der Waals surface area contributed by atoms with Crippen LogP contribution in [-0.4, -0.2) is 22.7 Å². The van der Waals surface area contributed by atoms with Gasteiger partial charge in [-0.05, 0) is 36.6 Å². The summed E-state index contributed by atoms with van der Waals surface area (Å²) < 4.78 is 1.13. The van der Waals surface area contributed by atoms with E-state index in [0.717, 1.165) is 26.4 Å². The third kappa shape index (κ3) is 4.10. The lowest BCUT2D eigenvalue weighted by Crippen LogP contribution is -2.37. The lowest BCUT2D eigenvalue weighted by atomic mass is 10.2. The molecule has 1 aromatic carbocycles. The van der Waals surface area contributed by atoms with Gasteiger partial charge in [0.1, 0.15) is 6.10 Å². The number of aromatic nitrogens is 1. The number of hydrogen-bond donors (Lipinski definition) is 3. The fourth-order valence-corrected chi connectivity index (χ4v) is 3.44. The Balaban J connectivity index is 1.50. The zero-order chi connectivity index (χ0) is 16.9. The number of amides is 2. The summed E-state index contributed by atoms with van der Waals surface area (Å²) in [6.07, 6.45) is -0.717. The summed E-state index contributed by atoms with van der Waals surface area (Å²) in [5.41, 5.74) is 1.71. The molecule has 0 saturated heterocycles. The normalized spacial score (nSPS) is 12.1. The van der Waals surface area contributed by atoms with Crippen LogP contribution in [0.3, 0.4) is 0 Å². The number of nitrogens with zero attached hydrogens (tertiary/aromatic N) is 1. The molecular formula is C18H19N3O2S. The van der Waals surface area contributed by atoms with Gasteiger partial charge in [-0.3, -0.25) is 4.98 Å². The van der Waals surface area contributed by atoms with Gasteiger partial charge >= 0.3 is 6.03 Å². The average Bonchev–Trinajstić information content (AvgIpc) is 3.02. The smallest absolute Gasteiger partial charge is 0.315 e. The highest BCUT2D eigenvalue weighted by Gasteiger charge is 2.12. The predicted molar refractivity (Wildman–Crippen MR) is 96.0 cm³/mol. The zero-order valence-corrected chi connectivity index (χ0v) is 14.1. The first-order valence-electron chi connectivity index (χ1n) is 7.72. The number of urea groups is 1. The Labute approximate surface area is 144 Å². The van der Waals surface area contributed by atoms with Gasteiger partial charge in [0.05, 0.1) is 18.8 Å². The van der Waals surface area contributed by atoms with Crippen molar-refractivity contribution in [1.82, 2.24) is 15.6 Å². The standard InChI is InChI=1S/C18H19N3O2S/c1-12-5-4-7-14(21-12)10-19-18(23)20-11-15(22)17-9-13-6-2-3-8-16(13)24-17/h2-9,15,22H,10-11H2,1H3,(H2,19,20,23). The molecule has 0 saturated carbocycles. The number of aliphatic hydroxyl groups is 1. The molecule has 1 atom stereocenters. The highest BCUT2D eigenvalue weighted by atomic mass is 32.1. The molecule has 5 nitrogen and oxygen atoms in total. The van der Waals surface area contributed by atoms with E-state index >= 15 is 0 Å². The van der Waals surface area contributed by atoms with Crippen LogP contribution in [0.1, 0.15) is 22.4 Å². The lowest BCUT2D eigenvalue weighted by Gasteiger charge is -2.11. The van der Waals surface area contributed by atoms with Gasteiger partial charge < -0.3 is 15.7 Å². The minimum Gasteiger partial charge on any atom is -0.386 e. The predicted octanol–water partition coefficient (Wildman–Crippen LogP) is 3.14. The molecule has 2 amide bonds. The van der Waals surface area contributed by atoms with E-state index in [1.807, 2.05) is 55.5 Å². The molecule has 0 aliphatic rings. The Morgan fingerprint density at radius 3 is 2.83 bits per heavy atom. The van der Waals surface area contributed by atoms with Gasteiger partial charge in [0, 0.05) is 15.3 Å². The summed E-state index contributed by atoms with van der Waals surface area (Å²) in [4.78, 5) is 17.0. The number of aryl methyl sites for hydroxylation is 1. The minimum absolute atomic E-state index is 0.167. The van der Waals surface area contributed by atoms with E-state index in [0.29, 0.717) is 6.54 Å². The largest absolute Gasteiger partial charge is 0.386 e. The first-order valence-corrected chi connectivity index (χ1v) is 8.54. The molecule has 1 unspecified atom stereocenters. The van der Waals surface area contributed by atoms with Crippen molar-refractivity contribution in [3.8, 4) is 0 Å². The molecule has 0 bridgehead atoms. The monoisotopic (exact) mass is 341 g/mol. The third-order valence-electron chi connectivity index (χ3n) is 3.61. The molecule has 124 valence electrons. The van der Waals surface area contributed by atoms with Crippen molar-refractivity contribution in [2.75, 3.05) is 6.54 Å². The Hall–Kier alpha value is -2.44. The molecule has 24 heavy (non-hydrogen) atoms. The maximum atomic E-state index is 11.9. The molecule has 3 N–H and O–H groups in total. The topological polar surface area (TPSA) is 74.2 Å². The lowest BCUT2D eigenvalue weighted by molar-refractivity contribution is 0.176. The Morgan fingerprint density at radius 1 is 1.21 bits per heavy atom. The van der Waals surface area contributed by atoms with Crippen molar-refractivity contribution in [3.05, 3.63) is 64.8 Å². The van der Waals surface area contributed by atoms with E-state index in [4.69, 9.17) is 0 Å². The number of carbonyl (C=O) groups is 1. The summed E-state index contributed by atoms with van der Waals surface area (Å²) in [5, 5.41) is 16.8. The number of rotatable bonds is 5. The number of hydrogen-bond acceptors (Lipinski definition) is 4. The van der Waals surface area contributed by atoms with Crippen molar-refractivity contribution in [3.63, 3.8) is 0 Å². The van der Waals surface area contributed by atoms with Crippen molar-refractivity contribution in [2.24, 2.45) is 0 Å². The minimum atomic E-state index is -0.717. The first kappa shape index (κ1) is 16.4. The molecule has 2 heterocycles. The summed E-state index contributed by atoms with van der Waals surface area (Å²) in [5.74, 6) is 0. The zero-order valence-electron chi connectivity index (χ0n) is 13.3. The van der Waals surface area contributed by atoms with Crippen LogP contribution in [0.5, 0.6) is 0 Å². The van der Waals surface area contributed by atoms with Crippen LogP contribution in [0.25, 0.3) is 10.1 Å². The van der Waals surface area contributed by atoms with Gasteiger partial charge in [-0.15, -0.1) is 11.3 Å². The molecule has 3 aromatic rings. The molecular weight excluding hydrogens is 322 g/mol. The van der Waals surface area contributed by atoms with Crippen molar-refractivity contribution >= 4 is 27.5 Å². The number of thiophene rings is 1. The number of benzene rings is 1. The molecule has 6 heteroatoms. The maximum Gasteiger partial charge on any atom is 0.315 e. The number of carbonyl (C=O) groups excluding carboxylic acids is 1. The number of pyridine rings is 1. The molecule has 0 spiro atoms. The van der Waals surface area contributed by atoms with E-state index in [2.05, 4.69) is 15.6 Å². The SMILES string of the molecule is Cc1cccc(CNC(=O)NCC(O)c2cc3ccccc3s2)n1. The molecule has 0 aliphatic heterocycles. The van der Waals surface area contributed by atoms with Crippen LogP contribution >= 0.6 is 11.3 Å². The van der Waals surface area contributed by atoms with E-state index in [1.54, 1.807) is 0 Å². The molecule has 0 aliphatic carbocycles. The van der Waals surface area contributed by atoms with E-state index in [-0.39, 0.29) is 12.6 Å². The van der Waals surface area contributed by atoms with Gasteiger partial charge in [-0.2, -0.15) is 0 Å². The molecule has 0 radical (unpaired) electrons. The summed E-state index contributed by atoms with van der Waals surface area (Å²) in [6, 6.07) is 15.3. The van der Waals surface area contributed by atoms with Crippen LogP contribution < -0.4 is 10.6 Å². The first-order chi connectivity index (χ1) is 11.6. The fraction of sp³-hybridized carbons (Fsp3) is 0.222. The van der Waals surface area contributed by atoms with E-state index < -0.39 is 6.10 Å². The number of nitrogens with one attached hydrogen (secondary N) is 2. The van der Waals surface area contributed by atoms with Gasteiger partial charge in [-0.25, -0.2) is 4.79 Å². The fourth-order valence-electron chi connectivity index (χ4n) is 2.39. The summed E-state index contributed by atoms with van der Waals surface area (Å²) in [6.45, 7) is 2.43. The molecule has 0 fully saturated rings. The van der Waals surface area contributed by atoms with Crippen molar-refractivity contribution < 1.29 is 9.90 Å². The van der Waals surface area contributed by atoms with Gasteiger partial charge in [-0.1, -0.05) is 24.3 Å². The highest BCUT2D eigenvalue weighted by Crippen LogP contribution is 2.29. The summed E-state index contributed by atoms with van der Waals surface area (Å²) in [7, 11) is 0. The molecule has 3 rings (SSSR count). The molecule has 2 aromatic heterocycles. The number of aliphatic hydroxyl groups excluding tert-OH is 1. The Bertz CT molecular complexity index is 814. The van der Waals surface area contributed by atoms with Crippen LogP contribution in [0.15, 0.2) is 48.5 Å². The van der Waals surface area contributed by atoms with Crippen molar-refractivity contribution in [2.45, 2.75) is 19.6 Å². The average molecular weight is 341 g/mol. The van der Waals surface area contributed by atoms with Gasteiger partial charge in [0.2, 0.25) is 0 Å². The van der Waals surface area contributed by atoms with Crippen LogP contribution in [0, 0.1) is 6.92 Å². The second kappa shape index (κ2) is 7.42. The second-order valence-electron chi connectivity index (χ2n) is 5.54. The van der Waals surface area contributed by atoms with Gasteiger partial charge in [0.25, 0.3) is 0 Å². The van der Waals surface area contributed by atoms with Crippen LogP contribution in [-0.2, 0) is 6.54 Å². The van der Waals surface area contributed by atoms with E-state index in [9.17, 15) is 9.90 Å². The van der Waals surface area contributed by atoms with Crippen LogP contribution in [0.4, 0.5) is 4.79 Å². The van der Waals surface area contributed by atoms with Crippen LogP contribution in [0.2, 0.25) is 0 Å². The Morgan fingerprint density at radius 2 is 2.04 bits per heavy atom. The van der Waals surface area contributed by atoms with Crippen molar-refractivity contribution in [1.29, 1.82) is 0 Å². The number of fused-ring (bicyclic) bond motifs is 1. The highest BCUT2D eigenvalue weighted by molar-refractivity contribution is 7.19. The van der Waals surface area contributed by atoms with E-state index in [1.165, 1.54) is 11.3 Å². The maximum absolute atomic E-state index is 11.9. The Kier molecular flexibility index (Phi) is 5.08. The quantitative estimate of drug-likeness (QED) is 0.667. The second-order valence-corrected chi connectivity index (χ2v) is 6.65.